The van der Waals surface area contributed by atoms with Crippen LogP contribution in [0.4, 0.5) is 5.13 Å². The Balaban J connectivity index is 1.52. The minimum Gasteiger partial charge on any atom is -0.457 e. The van der Waals surface area contributed by atoms with E-state index in [0.717, 1.165) is 10.2 Å². The number of pyridine rings is 1. The number of aromatic nitrogens is 2. The van der Waals surface area contributed by atoms with Crippen LogP contribution in [-0.4, -0.2) is 28.8 Å². The quantitative estimate of drug-likeness (QED) is 0.469. The monoisotopic (exact) mass is 438 g/mol. The number of fused-ring (bicyclic) bond motifs is 1. The molecule has 9 heteroatoms. The van der Waals surface area contributed by atoms with Crippen molar-refractivity contribution < 1.29 is 14.3 Å². The molecule has 7 nitrogen and oxygen atoms in total. The van der Waals surface area contributed by atoms with Gasteiger partial charge >= 0.3 is 0 Å². The average molecular weight is 439 g/mol. The highest BCUT2D eigenvalue weighted by molar-refractivity contribution is 7.22. The van der Waals surface area contributed by atoms with Gasteiger partial charge in [-0.2, -0.15) is 0 Å². The zero-order valence-electron chi connectivity index (χ0n) is 15.7. The van der Waals surface area contributed by atoms with E-state index in [1.54, 1.807) is 55.6 Å². The molecule has 30 heavy (non-hydrogen) atoms. The van der Waals surface area contributed by atoms with Crippen molar-refractivity contribution in [1.29, 1.82) is 0 Å². The van der Waals surface area contributed by atoms with Crippen molar-refractivity contribution in [3.63, 3.8) is 0 Å². The maximum absolute atomic E-state index is 12.4. The van der Waals surface area contributed by atoms with E-state index in [-0.39, 0.29) is 17.5 Å². The van der Waals surface area contributed by atoms with Gasteiger partial charge < -0.3 is 10.1 Å². The van der Waals surface area contributed by atoms with Crippen molar-refractivity contribution in [3.8, 4) is 11.5 Å². The molecular formula is C21H15ClN4O3S. The van der Waals surface area contributed by atoms with Crippen LogP contribution in [0.3, 0.4) is 0 Å². The van der Waals surface area contributed by atoms with Crippen LogP contribution in [0.1, 0.15) is 20.8 Å². The van der Waals surface area contributed by atoms with Gasteiger partial charge in [0.2, 0.25) is 0 Å². The smallest absolute Gasteiger partial charge is 0.269 e. The number of thiazole rings is 1. The summed E-state index contributed by atoms with van der Waals surface area (Å²) in [4.78, 5) is 32.5. The fourth-order valence-corrected chi connectivity index (χ4v) is 3.67. The second kappa shape index (κ2) is 8.48. The lowest BCUT2D eigenvalue weighted by atomic mass is 10.2. The van der Waals surface area contributed by atoms with Gasteiger partial charge in [0.05, 0.1) is 10.2 Å². The van der Waals surface area contributed by atoms with Crippen molar-refractivity contribution in [2.75, 3.05) is 12.4 Å². The van der Waals surface area contributed by atoms with Crippen molar-refractivity contribution in [2.24, 2.45) is 0 Å². The number of anilines is 1. The van der Waals surface area contributed by atoms with Crippen LogP contribution in [0.25, 0.3) is 10.2 Å². The highest BCUT2D eigenvalue weighted by Crippen LogP contribution is 2.31. The number of rotatable bonds is 5. The summed E-state index contributed by atoms with van der Waals surface area (Å²) in [5.74, 6) is 0.514. The maximum atomic E-state index is 12.4. The molecular weight excluding hydrogens is 424 g/mol. The zero-order valence-corrected chi connectivity index (χ0v) is 17.3. The molecule has 0 bridgehead atoms. The number of hydrogen-bond donors (Lipinski definition) is 2. The number of halogens is 1. The average Bonchev–Trinajstić information content (AvgIpc) is 3.15. The molecule has 0 radical (unpaired) electrons. The number of hydrogen-bond acceptors (Lipinski definition) is 6. The molecule has 4 rings (SSSR count). The Morgan fingerprint density at radius 3 is 2.53 bits per heavy atom. The molecule has 2 aromatic heterocycles. The molecule has 0 saturated heterocycles. The standard InChI is InChI=1S/C21H15ClN4O3S/c1-23-20(28)17-10-15(8-9-24-17)29-14-6-7-16-18(11-14)30-21(25-16)26-19(27)12-2-4-13(22)5-3-12/h2-11H,1H3,(H,23,28)(H,25,26,27). The van der Waals surface area contributed by atoms with Gasteiger partial charge in [-0.25, -0.2) is 4.98 Å². The first-order valence-electron chi connectivity index (χ1n) is 8.85. The van der Waals surface area contributed by atoms with Gasteiger partial charge in [-0.15, -0.1) is 0 Å². The van der Waals surface area contributed by atoms with Crippen molar-refractivity contribution >= 4 is 50.1 Å². The van der Waals surface area contributed by atoms with Crippen LogP contribution in [0.2, 0.25) is 5.02 Å². The lowest BCUT2D eigenvalue weighted by Gasteiger charge is -2.06. The molecule has 0 fully saturated rings. The molecule has 150 valence electrons. The summed E-state index contributed by atoms with van der Waals surface area (Å²) in [5.41, 5.74) is 1.49. The minimum absolute atomic E-state index is 0.263. The van der Waals surface area contributed by atoms with Crippen LogP contribution in [0.5, 0.6) is 11.5 Å². The predicted octanol–water partition coefficient (Wildman–Crippen LogP) is 4.75. The SMILES string of the molecule is CNC(=O)c1cc(Oc2ccc3nc(NC(=O)c4ccc(Cl)cc4)sc3c2)ccn1. The lowest BCUT2D eigenvalue weighted by Crippen LogP contribution is -2.18. The largest absolute Gasteiger partial charge is 0.457 e. The summed E-state index contributed by atoms with van der Waals surface area (Å²) in [6.07, 6.45) is 1.51. The zero-order chi connectivity index (χ0) is 21.1. The highest BCUT2D eigenvalue weighted by Gasteiger charge is 2.12. The van der Waals surface area contributed by atoms with Gasteiger partial charge in [-0.3, -0.25) is 19.9 Å². The first-order chi connectivity index (χ1) is 14.5. The predicted molar refractivity (Wildman–Crippen MR) is 117 cm³/mol. The third-order valence-electron chi connectivity index (χ3n) is 4.11. The molecule has 4 aromatic rings. The first kappa shape index (κ1) is 19.8. The Morgan fingerprint density at radius 2 is 1.77 bits per heavy atom. The summed E-state index contributed by atoms with van der Waals surface area (Å²) in [5, 5.41) is 6.36. The van der Waals surface area contributed by atoms with Crippen LogP contribution in [-0.2, 0) is 0 Å². The van der Waals surface area contributed by atoms with E-state index in [1.807, 2.05) is 6.07 Å². The number of carbonyl (C=O) groups is 2. The van der Waals surface area contributed by atoms with Crippen LogP contribution < -0.4 is 15.4 Å². The molecule has 2 aromatic carbocycles. The summed E-state index contributed by atoms with van der Waals surface area (Å²) >= 11 is 7.19. The van der Waals surface area contributed by atoms with Gasteiger partial charge in [0.25, 0.3) is 11.8 Å². The molecule has 0 saturated carbocycles. The summed E-state index contributed by atoms with van der Waals surface area (Å²) in [6.45, 7) is 0. The van der Waals surface area contributed by atoms with Crippen LogP contribution >= 0.6 is 22.9 Å². The van der Waals surface area contributed by atoms with E-state index in [4.69, 9.17) is 16.3 Å². The topological polar surface area (TPSA) is 93.2 Å². The van der Waals surface area contributed by atoms with Crippen molar-refractivity contribution in [1.82, 2.24) is 15.3 Å². The number of benzene rings is 2. The van der Waals surface area contributed by atoms with E-state index in [1.165, 1.54) is 17.5 Å². The molecule has 2 amide bonds. The molecule has 2 N–H and O–H groups in total. The van der Waals surface area contributed by atoms with Crippen molar-refractivity contribution in [2.45, 2.75) is 0 Å². The molecule has 0 atom stereocenters. The van der Waals surface area contributed by atoms with E-state index < -0.39 is 0 Å². The summed E-state index contributed by atoms with van der Waals surface area (Å²) in [7, 11) is 1.54. The summed E-state index contributed by atoms with van der Waals surface area (Å²) in [6, 6.07) is 15.3. The number of ether oxygens (including phenoxy) is 1. The van der Waals surface area contributed by atoms with E-state index in [0.29, 0.717) is 27.2 Å². The second-order valence-corrected chi connectivity index (χ2v) is 7.63. The molecule has 0 aliphatic rings. The second-order valence-electron chi connectivity index (χ2n) is 6.17. The van der Waals surface area contributed by atoms with Gasteiger partial charge in [0.15, 0.2) is 5.13 Å². The fourth-order valence-electron chi connectivity index (χ4n) is 2.66. The van der Waals surface area contributed by atoms with Crippen LogP contribution in [0.15, 0.2) is 60.8 Å². The lowest BCUT2D eigenvalue weighted by molar-refractivity contribution is 0.0957. The van der Waals surface area contributed by atoms with E-state index >= 15 is 0 Å². The first-order valence-corrected chi connectivity index (χ1v) is 10.0. The van der Waals surface area contributed by atoms with Crippen LogP contribution in [0, 0.1) is 0 Å². The van der Waals surface area contributed by atoms with Gasteiger partial charge in [0.1, 0.15) is 17.2 Å². The van der Waals surface area contributed by atoms with Gasteiger partial charge in [-0.1, -0.05) is 22.9 Å². The molecule has 0 aliphatic heterocycles. The molecule has 0 spiro atoms. The number of nitrogens with zero attached hydrogens (tertiary/aromatic N) is 2. The fraction of sp³-hybridized carbons (Fsp3) is 0.0476. The Bertz CT molecular complexity index is 1240. The molecule has 0 unspecified atom stereocenters. The van der Waals surface area contributed by atoms with Crippen molar-refractivity contribution in [3.05, 3.63) is 77.1 Å². The third kappa shape index (κ3) is 4.40. The third-order valence-corrected chi connectivity index (χ3v) is 5.30. The van der Waals surface area contributed by atoms with Gasteiger partial charge in [-0.05, 0) is 42.5 Å². The Kier molecular flexibility index (Phi) is 5.60. The number of carbonyl (C=O) groups excluding carboxylic acids is 2. The Morgan fingerprint density at radius 1 is 1.00 bits per heavy atom. The number of amides is 2. The Hall–Kier alpha value is -3.49. The highest BCUT2D eigenvalue weighted by atomic mass is 35.5. The van der Waals surface area contributed by atoms with E-state index in [2.05, 4.69) is 20.6 Å². The maximum Gasteiger partial charge on any atom is 0.269 e. The Labute approximate surface area is 180 Å². The summed E-state index contributed by atoms with van der Waals surface area (Å²) < 4.78 is 6.70. The van der Waals surface area contributed by atoms with Gasteiger partial charge in [0, 0.05) is 36.0 Å². The number of nitrogens with one attached hydrogen (secondary N) is 2. The van der Waals surface area contributed by atoms with E-state index in [9.17, 15) is 9.59 Å². The molecule has 0 aliphatic carbocycles. The normalized spacial score (nSPS) is 10.6. The molecule has 2 heterocycles. The minimum atomic E-state index is -0.292.